The number of benzene rings is 3. The molecule has 1 aromatic heterocycles. The second kappa shape index (κ2) is 12.2. The number of fused-ring (bicyclic) bond motifs is 1. The molecule has 0 unspecified atom stereocenters. The number of rotatable bonds is 5. The van der Waals surface area contributed by atoms with Gasteiger partial charge in [0.05, 0.1) is 27.4 Å². The molecule has 220 valence electrons. The Hall–Kier alpha value is -4.15. The maximum absolute atomic E-state index is 15.4. The Bertz CT molecular complexity index is 1690. The number of para-hydroxylation sites is 1. The molecule has 1 fully saturated rings. The van der Waals surface area contributed by atoms with Crippen LogP contribution < -0.4 is 4.90 Å². The first-order valence-corrected chi connectivity index (χ1v) is 15.4. The van der Waals surface area contributed by atoms with Crippen molar-refractivity contribution < 1.29 is 18.8 Å². The van der Waals surface area contributed by atoms with Gasteiger partial charge in [0.25, 0.3) is 0 Å². The number of piperazine rings is 1. The lowest BCUT2D eigenvalue weighted by Crippen LogP contribution is -2.53. The average Bonchev–Trinajstić information content (AvgIpc) is 3.34. The smallest absolute Gasteiger partial charge is 0.242 e. The molecule has 3 amide bonds. The van der Waals surface area contributed by atoms with Crippen molar-refractivity contribution >= 4 is 46.9 Å². The third-order valence-electron chi connectivity index (χ3n) is 7.78. The Kier molecular flexibility index (Phi) is 8.23. The van der Waals surface area contributed by atoms with Crippen LogP contribution in [0.5, 0.6) is 0 Å². The Balaban J connectivity index is 1.53. The molecule has 0 saturated carbocycles. The van der Waals surface area contributed by atoms with E-state index in [1.54, 1.807) is 50.9 Å². The minimum absolute atomic E-state index is 0.0236. The van der Waals surface area contributed by atoms with Crippen molar-refractivity contribution in [3.05, 3.63) is 101 Å². The fraction of sp³-hybridized carbons (Fsp3) is 0.250. The van der Waals surface area contributed by atoms with Gasteiger partial charge in [-0.05, 0) is 18.2 Å². The van der Waals surface area contributed by atoms with E-state index in [9.17, 15) is 14.4 Å². The Morgan fingerprint density at radius 1 is 0.930 bits per heavy atom. The van der Waals surface area contributed by atoms with Gasteiger partial charge >= 0.3 is 0 Å². The normalized spacial score (nSPS) is 17.0. The predicted molar refractivity (Wildman–Crippen MR) is 166 cm³/mol. The van der Waals surface area contributed by atoms with Crippen LogP contribution in [0.2, 0.25) is 5.02 Å². The molecule has 2 aliphatic heterocycles. The van der Waals surface area contributed by atoms with Crippen molar-refractivity contribution in [3.8, 4) is 16.9 Å². The molecule has 1 atom stereocenters. The number of carbonyl (C=O) groups excluding carboxylic acids is 3. The van der Waals surface area contributed by atoms with E-state index in [4.69, 9.17) is 16.7 Å². The summed E-state index contributed by atoms with van der Waals surface area (Å²) in [5, 5.41) is 4.82. The number of anilines is 1. The Morgan fingerprint density at radius 2 is 1.58 bits per heavy atom. The highest BCUT2D eigenvalue weighted by Gasteiger charge is 2.39. The van der Waals surface area contributed by atoms with E-state index in [1.807, 2.05) is 36.4 Å². The number of nitrogens with zero attached hydrogens (tertiary/aromatic N) is 5. The van der Waals surface area contributed by atoms with Gasteiger partial charge in [0.1, 0.15) is 18.2 Å². The van der Waals surface area contributed by atoms with Crippen LogP contribution in [-0.2, 0) is 14.4 Å². The standard InChI is InChI=1S/C32H29ClFN5O3S/c1-21(40)36-15-17-37(18-16-36)27(41)19-38-28(42)20-43-31(23-11-5-7-13-25(23)34)29-30(22-9-3-2-4-10-22)35-39(32(29)38)26-14-8-6-12-24(26)33/h2-14,31H,15-20H2,1H3/t31-/m1/s1. The van der Waals surface area contributed by atoms with Gasteiger partial charge in [-0.1, -0.05) is 72.3 Å². The molecule has 11 heteroatoms. The molecule has 0 radical (unpaired) electrons. The third kappa shape index (κ3) is 5.64. The molecule has 1 saturated heterocycles. The van der Waals surface area contributed by atoms with E-state index < -0.39 is 11.1 Å². The second-order valence-corrected chi connectivity index (χ2v) is 11.9. The molecular formula is C32H29ClFN5O3S. The first-order valence-electron chi connectivity index (χ1n) is 14.0. The lowest BCUT2D eigenvalue weighted by atomic mass is 9.99. The third-order valence-corrected chi connectivity index (χ3v) is 9.33. The highest BCUT2D eigenvalue weighted by atomic mass is 35.5. The summed E-state index contributed by atoms with van der Waals surface area (Å²) in [5.41, 5.74) is 2.93. The molecule has 43 heavy (non-hydrogen) atoms. The number of hydrogen-bond acceptors (Lipinski definition) is 5. The van der Waals surface area contributed by atoms with Crippen LogP contribution in [0.3, 0.4) is 0 Å². The van der Waals surface area contributed by atoms with Crippen molar-refractivity contribution in [2.45, 2.75) is 12.2 Å². The highest BCUT2D eigenvalue weighted by Crippen LogP contribution is 2.49. The maximum Gasteiger partial charge on any atom is 0.242 e. The SMILES string of the molecule is CC(=O)N1CCN(C(=O)CN2C(=O)CS[C@H](c3ccccc3F)c3c(-c4ccccc4)nn(-c4ccccc4Cl)c32)CC1. The zero-order valence-corrected chi connectivity index (χ0v) is 25.0. The summed E-state index contributed by atoms with van der Waals surface area (Å²) in [4.78, 5) is 44.3. The Labute approximate surface area is 258 Å². The molecular weight excluding hydrogens is 589 g/mol. The first kappa shape index (κ1) is 28.9. The van der Waals surface area contributed by atoms with Gasteiger partial charge in [-0.15, -0.1) is 11.8 Å². The quantitative estimate of drug-likeness (QED) is 0.308. The molecule has 6 rings (SSSR count). The minimum Gasteiger partial charge on any atom is -0.339 e. The zero-order chi connectivity index (χ0) is 30.1. The van der Waals surface area contributed by atoms with Crippen LogP contribution in [0, 0.1) is 5.82 Å². The summed E-state index contributed by atoms with van der Waals surface area (Å²) in [6, 6.07) is 23.2. The van der Waals surface area contributed by atoms with Crippen molar-refractivity contribution in [2.24, 2.45) is 0 Å². The minimum atomic E-state index is -0.592. The van der Waals surface area contributed by atoms with Crippen LogP contribution in [0.15, 0.2) is 78.9 Å². The summed E-state index contributed by atoms with van der Waals surface area (Å²) in [5.74, 6) is -0.566. The van der Waals surface area contributed by atoms with Gasteiger partial charge in [-0.25, -0.2) is 9.07 Å². The lowest BCUT2D eigenvalue weighted by Gasteiger charge is -2.35. The van der Waals surface area contributed by atoms with Gasteiger partial charge < -0.3 is 9.80 Å². The average molecular weight is 618 g/mol. The summed E-state index contributed by atoms with van der Waals surface area (Å²) in [7, 11) is 0. The molecule has 0 N–H and O–H groups in total. The predicted octanol–water partition coefficient (Wildman–Crippen LogP) is 5.19. The molecule has 0 aliphatic carbocycles. The van der Waals surface area contributed by atoms with Gasteiger partial charge in [0, 0.05) is 49.8 Å². The summed E-state index contributed by atoms with van der Waals surface area (Å²) in [6.45, 7) is 2.89. The largest absolute Gasteiger partial charge is 0.339 e. The van der Waals surface area contributed by atoms with E-state index in [2.05, 4.69) is 0 Å². The molecule has 0 spiro atoms. The van der Waals surface area contributed by atoms with E-state index in [0.717, 1.165) is 5.56 Å². The monoisotopic (exact) mass is 617 g/mol. The van der Waals surface area contributed by atoms with Crippen LogP contribution in [0.4, 0.5) is 10.2 Å². The van der Waals surface area contributed by atoms with Crippen molar-refractivity contribution in [3.63, 3.8) is 0 Å². The number of carbonyl (C=O) groups is 3. The molecule has 8 nitrogen and oxygen atoms in total. The van der Waals surface area contributed by atoms with Gasteiger partial charge in [-0.3, -0.25) is 19.3 Å². The zero-order valence-electron chi connectivity index (χ0n) is 23.5. The van der Waals surface area contributed by atoms with Crippen molar-refractivity contribution in [2.75, 3.05) is 43.4 Å². The van der Waals surface area contributed by atoms with Crippen molar-refractivity contribution in [1.82, 2.24) is 19.6 Å². The number of thioether (sulfide) groups is 1. The number of halogens is 2. The second-order valence-electron chi connectivity index (χ2n) is 10.4. The molecule has 4 aromatic rings. The van der Waals surface area contributed by atoms with E-state index in [1.165, 1.54) is 29.7 Å². The number of hydrogen-bond donors (Lipinski definition) is 0. The first-order chi connectivity index (χ1) is 20.8. The van der Waals surface area contributed by atoms with Gasteiger partial charge in [0.2, 0.25) is 17.7 Å². The van der Waals surface area contributed by atoms with Crippen LogP contribution in [0.1, 0.15) is 23.3 Å². The summed E-state index contributed by atoms with van der Waals surface area (Å²) in [6.07, 6.45) is 0. The van der Waals surface area contributed by atoms with Crippen molar-refractivity contribution in [1.29, 1.82) is 0 Å². The van der Waals surface area contributed by atoms with E-state index >= 15 is 4.39 Å². The van der Waals surface area contributed by atoms with E-state index in [-0.39, 0.29) is 30.0 Å². The molecule has 0 bridgehead atoms. The van der Waals surface area contributed by atoms with E-state index in [0.29, 0.717) is 59.5 Å². The van der Waals surface area contributed by atoms with Gasteiger partial charge in [0.15, 0.2) is 0 Å². The summed E-state index contributed by atoms with van der Waals surface area (Å²) >= 11 is 8.00. The maximum atomic E-state index is 15.4. The molecule has 3 aromatic carbocycles. The van der Waals surface area contributed by atoms with Gasteiger partial charge in [-0.2, -0.15) is 5.10 Å². The van der Waals surface area contributed by atoms with Crippen LogP contribution in [-0.4, -0.2) is 75.8 Å². The fourth-order valence-electron chi connectivity index (χ4n) is 5.56. The summed E-state index contributed by atoms with van der Waals surface area (Å²) < 4.78 is 17.0. The lowest BCUT2D eigenvalue weighted by molar-refractivity contribution is -0.137. The number of aromatic nitrogens is 2. The topological polar surface area (TPSA) is 78.8 Å². The molecule has 2 aliphatic rings. The van der Waals surface area contributed by atoms with Crippen LogP contribution in [0.25, 0.3) is 16.9 Å². The molecule has 3 heterocycles. The fourth-order valence-corrected chi connectivity index (χ4v) is 6.99. The Morgan fingerprint density at radius 3 is 2.28 bits per heavy atom. The highest BCUT2D eigenvalue weighted by molar-refractivity contribution is 8.00. The van der Waals surface area contributed by atoms with Crippen LogP contribution >= 0.6 is 23.4 Å². The number of amides is 3.